The van der Waals surface area contributed by atoms with Gasteiger partial charge in [0.15, 0.2) is 16.9 Å². The zero-order chi connectivity index (χ0) is 23.5. The molecule has 0 bridgehead atoms. The Balaban J connectivity index is 1.83. The van der Waals surface area contributed by atoms with Crippen molar-refractivity contribution in [1.82, 2.24) is 18.7 Å². The molecule has 0 aliphatic heterocycles. The van der Waals surface area contributed by atoms with Gasteiger partial charge in [0.1, 0.15) is 0 Å². The van der Waals surface area contributed by atoms with E-state index < -0.39 is 17.2 Å². The Hall–Kier alpha value is -4.47. The van der Waals surface area contributed by atoms with Gasteiger partial charge in [-0.2, -0.15) is 10.1 Å². The van der Waals surface area contributed by atoms with E-state index in [4.69, 9.17) is 0 Å². The van der Waals surface area contributed by atoms with E-state index in [9.17, 15) is 19.5 Å². The van der Waals surface area contributed by atoms with Gasteiger partial charge in [0.25, 0.3) is 5.56 Å². The molecule has 0 radical (unpaired) electrons. The summed E-state index contributed by atoms with van der Waals surface area (Å²) in [5.41, 5.74) is 3.37. The molecule has 0 unspecified atom stereocenters. The number of hydrogen-bond acceptors (Lipinski definition) is 6. The minimum Gasteiger partial charge on any atom is -0.476 e. The third-order valence-corrected chi connectivity index (χ3v) is 5.33. The van der Waals surface area contributed by atoms with Crippen molar-refractivity contribution in [3.05, 3.63) is 92.6 Å². The number of imidazole rings is 1. The van der Waals surface area contributed by atoms with Crippen LogP contribution in [0.25, 0.3) is 11.2 Å². The number of anilines is 1. The molecular weight excluding hydrogens is 424 g/mol. The first-order valence-electron chi connectivity index (χ1n) is 10.2. The van der Waals surface area contributed by atoms with Gasteiger partial charge in [0.05, 0.1) is 0 Å². The van der Waals surface area contributed by atoms with E-state index in [0.717, 1.165) is 10.1 Å². The van der Waals surface area contributed by atoms with Crippen LogP contribution in [0.15, 0.2) is 75.4 Å². The molecule has 4 rings (SSSR count). The number of nitrogens with zero attached hydrogens (tertiary/aromatic N) is 5. The minimum atomic E-state index is -1.22. The Labute approximate surface area is 188 Å². The number of benzene rings is 2. The van der Waals surface area contributed by atoms with Crippen LogP contribution in [0.5, 0.6) is 0 Å². The maximum absolute atomic E-state index is 12.9. The fourth-order valence-electron chi connectivity index (χ4n) is 3.57. The van der Waals surface area contributed by atoms with Crippen molar-refractivity contribution < 1.29 is 9.90 Å². The van der Waals surface area contributed by atoms with Gasteiger partial charge in [-0.3, -0.25) is 13.9 Å². The Morgan fingerprint density at radius 1 is 1.00 bits per heavy atom. The molecule has 4 aromatic rings. The number of aromatic nitrogens is 4. The number of hydrogen-bond donors (Lipinski definition) is 2. The largest absolute Gasteiger partial charge is 0.476 e. The number of aliphatic carboxylic acids is 1. The van der Waals surface area contributed by atoms with Crippen molar-refractivity contribution in [3.8, 4) is 0 Å². The Kier molecular flexibility index (Phi) is 5.90. The summed E-state index contributed by atoms with van der Waals surface area (Å²) in [5.74, 6) is -1.06. The molecule has 0 saturated heterocycles. The lowest BCUT2D eigenvalue weighted by Crippen LogP contribution is -2.37. The first-order valence-corrected chi connectivity index (χ1v) is 10.2. The summed E-state index contributed by atoms with van der Waals surface area (Å²) in [6, 6.07) is 18.2. The van der Waals surface area contributed by atoms with Crippen LogP contribution in [-0.4, -0.2) is 35.5 Å². The number of aryl methyl sites for hydroxylation is 3. The topological polar surface area (TPSA) is 124 Å². The average Bonchev–Trinajstić information content (AvgIpc) is 3.20. The van der Waals surface area contributed by atoms with E-state index in [1.54, 1.807) is 34.9 Å². The van der Waals surface area contributed by atoms with Gasteiger partial charge in [-0.15, -0.1) is 0 Å². The smallest absolute Gasteiger partial charge is 0.356 e. The van der Waals surface area contributed by atoms with E-state index in [2.05, 4.69) is 15.5 Å². The quantitative estimate of drug-likeness (QED) is 0.328. The lowest BCUT2D eigenvalue weighted by atomic mass is 10.1. The molecule has 0 saturated carbocycles. The molecule has 2 heterocycles. The van der Waals surface area contributed by atoms with Gasteiger partial charge in [-0.1, -0.05) is 60.7 Å². The summed E-state index contributed by atoms with van der Waals surface area (Å²) < 4.78 is 3.92. The van der Waals surface area contributed by atoms with Crippen LogP contribution in [-0.2, 0) is 31.9 Å². The zero-order valence-corrected chi connectivity index (χ0v) is 18.1. The Bertz CT molecular complexity index is 1470. The van der Waals surface area contributed by atoms with Gasteiger partial charge < -0.3 is 9.67 Å². The zero-order valence-electron chi connectivity index (χ0n) is 18.1. The monoisotopic (exact) mass is 446 g/mol. The molecule has 0 spiro atoms. The average molecular weight is 446 g/mol. The van der Waals surface area contributed by atoms with Crippen LogP contribution < -0.4 is 16.7 Å². The van der Waals surface area contributed by atoms with E-state index >= 15 is 0 Å². The second kappa shape index (κ2) is 8.95. The number of carboxylic acid groups (broad SMARTS) is 1. The first-order chi connectivity index (χ1) is 15.9. The maximum Gasteiger partial charge on any atom is 0.356 e. The van der Waals surface area contributed by atoms with Gasteiger partial charge in [-0.05, 0) is 12.0 Å². The van der Waals surface area contributed by atoms with Crippen LogP contribution in [0.1, 0.15) is 11.1 Å². The highest BCUT2D eigenvalue weighted by Crippen LogP contribution is 2.17. The second-order valence-electron chi connectivity index (χ2n) is 7.44. The number of hydrazone groups is 1. The number of fused-ring (bicyclic) bond motifs is 1. The van der Waals surface area contributed by atoms with E-state index in [1.165, 1.54) is 18.7 Å². The molecule has 0 aliphatic rings. The molecule has 0 atom stereocenters. The fourth-order valence-corrected chi connectivity index (χ4v) is 3.57. The maximum atomic E-state index is 12.9. The SMILES string of the molecule is Cn1c(=O)c2c(nc(NN=C(C(=O)O)c3ccccc3)n2CCc2ccccc2)n(C)c1=O. The lowest BCUT2D eigenvalue weighted by molar-refractivity contribution is -0.129. The van der Waals surface area contributed by atoms with Gasteiger partial charge in [0, 0.05) is 26.2 Å². The summed E-state index contributed by atoms with van der Waals surface area (Å²) in [5, 5.41) is 13.7. The van der Waals surface area contributed by atoms with E-state index in [0.29, 0.717) is 18.5 Å². The molecule has 10 heteroatoms. The van der Waals surface area contributed by atoms with Gasteiger partial charge in [0.2, 0.25) is 5.95 Å². The van der Waals surface area contributed by atoms with Crippen molar-refractivity contribution in [3.63, 3.8) is 0 Å². The highest BCUT2D eigenvalue weighted by molar-refractivity contribution is 6.42. The van der Waals surface area contributed by atoms with Crippen molar-refractivity contribution in [2.24, 2.45) is 19.2 Å². The summed E-state index contributed by atoms with van der Waals surface area (Å²) in [7, 11) is 2.93. The number of carbonyl (C=O) groups is 1. The van der Waals surface area contributed by atoms with E-state index in [1.807, 2.05) is 30.3 Å². The molecule has 168 valence electrons. The molecule has 0 aliphatic carbocycles. The van der Waals surface area contributed by atoms with Crippen molar-refractivity contribution >= 4 is 28.8 Å². The predicted molar refractivity (Wildman–Crippen MR) is 125 cm³/mol. The summed E-state index contributed by atoms with van der Waals surface area (Å²) in [6.07, 6.45) is 0.584. The molecule has 33 heavy (non-hydrogen) atoms. The van der Waals surface area contributed by atoms with Crippen LogP contribution >= 0.6 is 0 Å². The normalized spacial score (nSPS) is 11.6. The summed E-state index contributed by atoms with van der Waals surface area (Å²) in [4.78, 5) is 41.5. The van der Waals surface area contributed by atoms with Crippen molar-refractivity contribution in [1.29, 1.82) is 0 Å². The highest BCUT2D eigenvalue weighted by atomic mass is 16.4. The molecule has 2 aromatic carbocycles. The molecule has 10 nitrogen and oxygen atoms in total. The lowest BCUT2D eigenvalue weighted by Gasteiger charge is -2.10. The van der Waals surface area contributed by atoms with Crippen LogP contribution in [0.4, 0.5) is 5.95 Å². The van der Waals surface area contributed by atoms with Gasteiger partial charge in [-0.25, -0.2) is 15.0 Å². The van der Waals surface area contributed by atoms with Crippen LogP contribution in [0.3, 0.4) is 0 Å². The third-order valence-electron chi connectivity index (χ3n) is 5.33. The predicted octanol–water partition coefficient (Wildman–Crippen LogP) is 1.58. The summed E-state index contributed by atoms with van der Waals surface area (Å²) >= 11 is 0. The molecule has 0 amide bonds. The standard InChI is InChI=1S/C23H22N6O4/c1-27-19-18(20(30)28(2)23(27)33)29(14-13-15-9-5-3-6-10-15)22(24-19)26-25-17(21(31)32)16-11-7-4-8-12-16/h3-12H,13-14H2,1-2H3,(H,24,26)(H,31,32). The number of nitrogens with one attached hydrogen (secondary N) is 1. The minimum absolute atomic E-state index is 0.161. The Morgan fingerprint density at radius 3 is 2.27 bits per heavy atom. The second-order valence-corrected chi connectivity index (χ2v) is 7.44. The number of carboxylic acids is 1. The number of rotatable bonds is 7. The van der Waals surface area contributed by atoms with Crippen LogP contribution in [0, 0.1) is 0 Å². The molecule has 0 fully saturated rings. The fraction of sp³-hybridized carbons (Fsp3) is 0.174. The molecule has 2 aromatic heterocycles. The van der Waals surface area contributed by atoms with Crippen LogP contribution in [0.2, 0.25) is 0 Å². The first kappa shape index (κ1) is 21.8. The Morgan fingerprint density at radius 2 is 1.64 bits per heavy atom. The van der Waals surface area contributed by atoms with Crippen molar-refractivity contribution in [2.45, 2.75) is 13.0 Å². The van der Waals surface area contributed by atoms with Gasteiger partial charge >= 0.3 is 11.7 Å². The van der Waals surface area contributed by atoms with E-state index in [-0.39, 0.29) is 22.8 Å². The third kappa shape index (κ3) is 4.18. The molecular formula is C23H22N6O4. The molecule has 2 N–H and O–H groups in total. The summed E-state index contributed by atoms with van der Waals surface area (Å²) in [6.45, 7) is 0.361. The highest BCUT2D eigenvalue weighted by Gasteiger charge is 2.20. The van der Waals surface area contributed by atoms with Crippen molar-refractivity contribution in [2.75, 3.05) is 5.43 Å².